The van der Waals surface area contributed by atoms with Crippen LogP contribution in [0.4, 0.5) is 0 Å². The Balaban J connectivity index is 1.94. The average molecular weight is 398 g/mol. The Kier molecular flexibility index (Phi) is 6.76. The van der Waals surface area contributed by atoms with Crippen LogP contribution in [0.1, 0.15) is 6.42 Å². The molecule has 10 heteroatoms. The standard InChI is InChI=1S/C13H20ClN3O3S3/c1-21-9-4-10(15)13(18)16-5-7-17(8-6-16)23(19,20)12-3-2-11(14)22-12/h2-3,10H,4-9,15H2,1H3/t10-/m0/s1. The first-order valence-corrected chi connectivity index (χ1v) is 11.2. The summed E-state index contributed by atoms with van der Waals surface area (Å²) in [5, 5.41) is 0. The minimum absolute atomic E-state index is 0.102. The van der Waals surface area contributed by atoms with Gasteiger partial charge in [-0.25, -0.2) is 8.42 Å². The maximum absolute atomic E-state index is 12.5. The maximum atomic E-state index is 12.5. The highest BCUT2D eigenvalue weighted by atomic mass is 35.5. The van der Waals surface area contributed by atoms with Crippen molar-refractivity contribution < 1.29 is 13.2 Å². The van der Waals surface area contributed by atoms with Crippen LogP contribution in [-0.4, -0.2) is 67.8 Å². The van der Waals surface area contributed by atoms with Crippen LogP contribution >= 0.6 is 34.7 Å². The number of thiophene rings is 1. The van der Waals surface area contributed by atoms with Crippen LogP contribution < -0.4 is 5.73 Å². The van der Waals surface area contributed by atoms with E-state index >= 15 is 0 Å². The number of nitrogens with two attached hydrogens (primary N) is 1. The Morgan fingerprint density at radius 2 is 2.04 bits per heavy atom. The summed E-state index contributed by atoms with van der Waals surface area (Å²) in [6.07, 6.45) is 2.60. The highest BCUT2D eigenvalue weighted by Gasteiger charge is 2.32. The van der Waals surface area contributed by atoms with E-state index in [4.69, 9.17) is 17.3 Å². The van der Waals surface area contributed by atoms with Gasteiger partial charge in [-0.15, -0.1) is 11.3 Å². The van der Waals surface area contributed by atoms with Gasteiger partial charge in [-0.1, -0.05) is 11.6 Å². The van der Waals surface area contributed by atoms with Crippen LogP contribution in [0.15, 0.2) is 16.3 Å². The van der Waals surface area contributed by atoms with Crippen molar-refractivity contribution in [3.63, 3.8) is 0 Å². The lowest BCUT2D eigenvalue weighted by molar-refractivity contribution is -0.133. The fourth-order valence-corrected chi connectivity index (χ4v) is 5.86. The lowest BCUT2D eigenvalue weighted by Gasteiger charge is -2.34. The van der Waals surface area contributed by atoms with Gasteiger partial charge in [0.15, 0.2) is 0 Å². The van der Waals surface area contributed by atoms with Gasteiger partial charge >= 0.3 is 0 Å². The topological polar surface area (TPSA) is 83.7 Å². The fourth-order valence-electron chi connectivity index (χ4n) is 2.32. The molecule has 2 N–H and O–H groups in total. The van der Waals surface area contributed by atoms with E-state index in [1.165, 1.54) is 10.4 Å². The number of carbonyl (C=O) groups is 1. The van der Waals surface area contributed by atoms with Crippen molar-refractivity contribution in [2.45, 2.75) is 16.7 Å². The Labute approximate surface area is 150 Å². The molecule has 1 fully saturated rings. The highest BCUT2D eigenvalue weighted by molar-refractivity contribution is 7.98. The number of hydrogen-bond donors (Lipinski definition) is 1. The van der Waals surface area contributed by atoms with E-state index in [9.17, 15) is 13.2 Å². The van der Waals surface area contributed by atoms with Crippen molar-refractivity contribution in [1.82, 2.24) is 9.21 Å². The smallest absolute Gasteiger partial charge is 0.252 e. The molecule has 0 radical (unpaired) electrons. The highest BCUT2D eigenvalue weighted by Crippen LogP contribution is 2.28. The molecule has 2 heterocycles. The molecule has 0 aromatic carbocycles. The van der Waals surface area contributed by atoms with Gasteiger partial charge in [0.1, 0.15) is 4.21 Å². The maximum Gasteiger partial charge on any atom is 0.252 e. The second-order valence-electron chi connectivity index (χ2n) is 5.18. The van der Waals surface area contributed by atoms with Crippen LogP contribution in [0.3, 0.4) is 0 Å². The van der Waals surface area contributed by atoms with E-state index in [0.29, 0.717) is 23.8 Å². The predicted octanol–water partition coefficient (Wildman–Crippen LogP) is 1.31. The van der Waals surface area contributed by atoms with Gasteiger partial charge in [-0.05, 0) is 30.6 Å². The third-order valence-electron chi connectivity index (χ3n) is 3.64. The molecule has 6 nitrogen and oxygen atoms in total. The van der Waals surface area contributed by atoms with Crippen LogP contribution in [0, 0.1) is 0 Å². The molecule has 130 valence electrons. The van der Waals surface area contributed by atoms with Crippen molar-refractivity contribution in [1.29, 1.82) is 0 Å². The van der Waals surface area contributed by atoms with Crippen molar-refractivity contribution in [2.24, 2.45) is 5.73 Å². The predicted molar refractivity (Wildman–Crippen MR) is 95.6 cm³/mol. The molecule has 1 amide bonds. The van der Waals surface area contributed by atoms with Gasteiger partial charge in [0.2, 0.25) is 5.91 Å². The zero-order valence-corrected chi connectivity index (χ0v) is 16.0. The monoisotopic (exact) mass is 397 g/mol. The first-order valence-electron chi connectivity index (χ1n) is 7.15. The molecule has 1 atom stereocenters. The third-order valence-corrected chi connectivity index (χ3v) is 7.88. The van der Waals surface area contributed by atoms with Gasteiger partial charge in [0.25, 0.3) is 10.0 Å². The minimum atomic E-state index is -3.53. The average Bonchev–Trinajstić information content (AvgIpc) is 2.99. The number of nitrogens with zero attached hydrogens (tertiary/aromatic N) is 2. The van der Waals surface area contributed by atoms with Gasteiger partial charge in [-0.3, -0.25) is 4.79 Å². The number of piperazine rings is 1. The van der Waals surface area contributed by atoms with Crippen molar-refractivity contribution >= 4 is 50.6 Å². The molecule has 0 bridgehead atoms. The molecule has 0 aliphatic carbocycles. The van der Waals surface area contributed by atoms with E-state index in [-0.39, 0.29) is 23.2 Å². The molecule has 1 saturated heterocycles. The lowest BCUT2D eigenvalue weighted by Crippen LogP contribution is -2.54. The summed E-state index contributed by atoms with van der Waals surface area (Å²) in [5.41, 5.74) is 5.90. The van der Waals surface area contributed by atoms with E-state index in [2.05, 4.69) is 0 Å². The first kappa shape index (κ1) is 19.0. The van der Waals surface area contributed by atoms with E-state index in [1.807, 2.05) is 6.26 Å². The molecule has 0 unspecified atom stereocenters. The third kappa shape index (κ3) is 4.61. The summed E-state index contributed by atoms with van der Waals surface area (Å²) in [5.74, 6) is 0.732. The second kappa shape index (κ2) is 8.17. The van der Waals surface area contributed by atoms with Gasteiger partial charge in [-0.2, -0.15) is 16.1 Å². The van der Waals surface area contributed by atoms with Crippen molar-refractivity contribution in [3.8, 4) is 0 Å². The summed E-state index contributed by atoms with van der Waals surface area (Å²) in [6, 6.07) is 2.57. The van der Waals surface area contributed by atoms with Crippen LogP contribution in [0.5, 0.6) is 0 Å². The van der Waals surface area contributed by atoms with E-state index in [0.717, 1.165) is 17.1 Å². The number of sulfonamides is 1. The van der Waals surface area contributed by atoms with Gasteiger partial charge < -0.3 is 10.6 Å². The van der Waals surface area contributed by atoms with Gasteiger partial charge in [0.05, 0.1) is 10.4 Å². The largest absolute Gasteiger partial charge is 0.339 e. The van der Waals surface area contributed by atoms with E-state index in [1.54, 1.807) is 22.7 Å². The molecule has 1 aromatic rings. The number of hydrogen-bond acceptors (Lipinski definition) is 6. The molecular formula is C13H20ClN3O3S3. The van der Waals surface area contributed by atoms with E-state index < -0.39 is 16.1 Å². The molecule has 1 aromatic heterocycles. The summed E-state index contributed by atoms with van der Waals surface area (Å²) < 4.78 is 27.1. The molecular weight excluding hydrogens is 378 g/mol. The Hall–Kier alpha value is -0.320. The normalized spacial score (nSPS) is 18.1. The zero-order chi connectivity index (χ0) is 17.0. The quantitative estimate of drug-likeness (QED) is 0.782. The number of rotatable bonds is 6. The first-order chi connectivity index (χ1) is 10.9. The van der Waals surface area contributed by atoms with Crippen molar-refractivity contribution in [3.05, 3.63) is 16.5 Å². The molecule has 0 spiro atoms. The molecule has 23 heavy (non-hydrogen) atoms. The van der Waals surface area contributed by atoms with Crippen LogP contribution in [-0.2, 0) is 14.8 Å². The molecule has 1 aliphatic heterocycles. The number of halogens is 1. The second-order valence-corrected chi connectivity index (χ2v) is 10.0. The Morgan fingerprint density at radius 1 is 1.39 bits per heavy atom. The fraction of sp³-hybridized carbons (Fsp3) is 0.615. The summed E-state index contributed by atoms with van der Waals surface area (Å²) in [6.45, 7) is 1.28. The minimum Gasteiger partial charge on any atom is -0.339 e. The molecule has 2 rings (SSSR count). The number of thioether (sulfide) groups is 1. The van der Waals surface area contributed by atoms with Crippen LogP contribution in [0.25, 0.3) is 0 Å². The molecule has 1 aliphatic rings. The van der Waals surface area contributed by atoms with Crippen molar-refractivity contribution in [2.75, 3.05) is 38.2 Å². The Bertz CT molecular complexity index is 642. The van der Waals surface area contributed by atoms with Gasteiger partial charge in [0, 0.05) is 26.2 Å². The SMILES string of the molecule is CSCC[C@H](N)C(=O)N1CCN(S(=O)(=O)c2ccc(Cl)s2)CC1. The molecule has 0 saturated carbocycles. The summed E-state index contributed by atoms with van der Waals surface area (Å²) in [7, 11) is -3.53. The summed E-state index contributed by atoms with van der Waals surface area (Å²) in [4.78, 5) is 13.9. The van der Waals surface area contributed by atoms with Crippen LogP contribution in [0.2, 0.25) is 4.34 Å². The number of carbonyl (C=O) groups excluding carboxylic acids is 1. The summed E-state index contributed by atoms with van der Waals surface area (Å²) >= 11 is 8.51. The lowest BCUT2D eigenvalue weighted by atomic mass is 10.2. The number of amides is 1. The zero-order valence-electron chi connectivity index (χ0n) is 12.8. The Morgan fingerprint density at radius 3 is 2.57 bits per heavy atom.